The molecule has 1 saturated heterocycles. The van der Waals surface area contributed by atoms with Crippen molar-refractivity contribution in [2.75, 3.05) is 13.1 Å². The number of nitrogens with zero attached hydrogens (tertiary/aromatic N) is 5. The summed E-state index contributed by atoms with van der Waals surface area (Å²) in [6.45, 7) is 3.52. The van der Waals surface area contributed by atoms with Crippen LogP contribution >= 0.6 is 0 Å². The third-order valence-electron chi connectivity index (χ3n) is 4.05. The molecule has 1 aliphatic heterocycles. The Kier molecular flexibility index (Phi) is 3.23. The summed E-state index contributed by atoms with van der Waals surface area (Å²) >= 11 is 0. The Balaban J connectivity index is 1.35. The predicted octanol–water partition coefficient (Wildman–Crippen LogP) is 1.02. The fourth-order valence-electron chi connectivity index (χ4n) is 2.98. The fourth-order valence-corrected chi connectivity index (χ4v) is 2.98. The van der Waals surface area contributed by atoms with Crippen molar-refractivity contribution < 1.29 is 0 Å². The van der Waals surface area contributed by atoms with Crippen molar-refractivity contribution in [3.8, 4) is 0 Å². The summed E-state index contributed by atoms with van der Waals surface area (Å²) in [5.41, 5.74) is 2.04. The van der Waals surface area contributed by atoms with Crippen molar-refractivity contribution in [1.29, 1.82) is 0 Å². The number of hydrogen-bond acceptors (Lipinski definition) is 4. The maximum Gasteiger partial charge on any atom is 0.266 e. The van der Waals surface area contributed by atoms with Gasteiger partial charge in [0.1, 0.15) is 5.65 Å². The summed E-state index contributed by atoms with van der Waals surface area (Å²) < 4.78 is 3.59. The molecule has 6 nitrogen and oxygen atoms in total. The van der Waals surface area contributed by atoms with Crippen molar-refractivity contribution in [3.63, 3.8) is 0 Å². The lowest BCUT2D eigenvalue weighted by atomic mass is 10.00. The molecule has 6 heteroatoms. The van der Waals surface area contributed by atoms with E-state index in [9.17, 15) is 4.79 Å². The van der Waals surface area contributed by atoms with Gasteiger partial charge in [0.05, 0.1) is 12.2 Å². The molecule has 0 amide bonds. The Morgan fingerprint density at radius 1 is 1.18 bits per heavy atom. The zero-order valence-corrected chi connectivity index (χ0v) is 12.2. The molecular weight excluding hydrogens is 278 g/mol. The van der Waals surface area contributed by atoms with E-state index in [-0.39, 0.29) is 5.56 Å². The van der Waals surface area contributed by atoms with E-state index in [0.717, 1.165) is 31.0 Å². The summed E-state index contributed by atoms with van der Waals surface area (Å²) in [6.07, 6.45) is 5.75. The van der Waals surface area contributed by atoms with Crippen LogP contribution < -0.4 is 5.56 Å². The molecule has 0 bridgehead atoms. The zero-order valence-electron chi connectivity index (χ0n) is 12.2. The van der Waals surface area contributed by atoms with Gasteiger partial charge in [-0.1, -0.05) is 6.07 Å². The van der Waals surface area contributed by atoms with E-state index in [0.29, 0.717) is 12.5 Å². The van der Waals surface area contributed by atoms with Crippen LogP contribution in [-0.2, 0) is 13.1 Å². The number of hydrogen-bond donors (Lipinski definition) is 0. The lowest BCUT2D eigenvalue weighted by molar-refractivity contribution is 0.0755. The zero-order chi connectivity index (χ0) is 14.9. The van der Waals surface area contributed by atoms with Gasteiger partial charge in [-0.15, -0.1) is 0 Å². The highest BCUT2D eigenvalue weighted by Gasteiger charge is 2.27. The van der Waals surface area contributed by atoms with Crippen LogP contribution in [0, 0.1) is 5.92 Å². The quantitative estimate of drug-likeness (QED) is 0.721. The molecule has 4 heterocycles. The minimum Gasteiger partial charge on any atom is -0.307 e. The molecule has 3 aromatic rings. The summed E-state index contributed by atoms with van der Waals surface area (Å²) in [5, 5.41) is 4.11. The molecule has 1 aliphatic rings. The first-order chi connectivity index (χ1) is 10.8. The molecule has 0 unspecified atom stereocenters. The Labute approximate surface area is 127 Å². The van der Waals surface area contributed by atoms with Crippen LogP contribution in [0.4, 0.5) is 0 Å². The molecule has 1 fully saturated rings. The first-order valence-corrected chi connectivity index (χ1v) is 7.45. The molecule has 0 spiro atoms. The summed E-state index contributed by atoms with van der Waals surface area (Å²) in [4.78, 5) is 18.6. The first-order valence-electron chi connectivity index (χ1n) is 7.45. The summed E-state index contributed by atoms with van der Waals surface area (Å²) in [6, 6.07) is 9.24. The molecule has 0 radical (unpaired) electrons. The molecule has 0 aliphatic carbocycles. The second-order valence-corrected chi connectivity index (χ2v) is 5.80. The van der Waals surface area contributed by atoms with Gasteiger partial charge in [0, 0.05) is 50.2 Å². The fraction of sp³-hybridized carbons (Fsp3) is 0.312. The van der Waals surface area contributed by atoms with Crippen molar-refractivity contribution in [2.24, 2.45) is 5.92 Å². The Bertz CT molecular complexity index is 814. The molecule has 112 valence electrons. The molecule has 0 saturated carbocycles. The number of pyridine rings is 1. The van der Waals surface area contributed by atoms with Gasteiger partial charge in [-0.2, -0.15) is 5.10 Å². The van der Waals surface area contributed by atoms with Crippen LogP contribution in [0.15, 0.2) is 53.7 Å². The van der Waals surface area contributed by atoms with Gasteiger partial charge in [-0.25, -0.2) is 9.67 Å². The predicted molar refractivity (Wildman–Crippen MR) is 82.5 cm³/mol. The van der Waals surface area contributed by atoms with Gasteiger partial charge < -0.3 is 4.40 Å². The average molecular weight is 295 g/mol. The van der Waals surface area contributed by atoms with E-state index in [1.165, 1.54) is 0 Å². The highest BCUT2D eigenvalue weighted by atomic mass is 16.1. The Morgan fingerprint density at radius 2 is 2.09 bits per heavy atom. The topological polar surface area (TPSA) is 55.4 Å². The number of aromatic nitrogens is 4. The van der Waals surface area contributed by atoms with Crippen LogP contribution in [0.5, 0.6) is 0 Å². The second kappa shape index (κ2) is 5.38. The SMILES string of the molecule is O=c1cccnn1CC1CN(Cc2cn3ccccc3n2)C1. The van der Waals surface area contributed by atoms with Crippen LogP contribution in [0.1, 0.15) is 5.69 Å². The molecule has 4 rings (SSSR count). The molecule has 22 heavy (non-hydrogen) atoms. The Morgan fingerprint density at radius 3 is 2.91 bits per heavy atom. The van der Waals surface area contributed by atoms with Gasteiger partial charge >= 0.3 is 0 Å². The van der Waals surface area contributed by atoms with Crippen LogP contribution in [0.25, 0.3) is 5.65 Å². The number of rotatable bonds is 4. The van der Waals surface area contributed by atoms with Gasteiger partial charge in [0.2, 0.25) is 0 Å². The average Bonchev–Trinajstić information content (AvgIpc) is 2.89. The van der Waals surface area contributed by atoms with E-state index in [4.69, 9.17) is 0 Å². The number of likely N-dealkylation sites (tertiary alicyclic amines) is 1. The molecular formula is C16H17N5O. The maximum absolute atomic E-state index is 11.6. The molecule has 0 aromatic carbocycles. The highest BCUT2D eigenvalue weighted by molar-refractivity contribution is 5.39. The smallest absolute Gasteiger partial charge is 0.266 e. The van der Waals surface area contributed by atoms with E-state index in [2.05, 4.69) is 21.2 Å². The highest BCUT2D eigenvalue weighted by Crippen LogP contribution is 2.19. The summed E-state index contributed by atoms with van der Waals surface area (Å²) in [5.74, 6) is 0.490. The van der Waals surface area contributed by atoms with Gasteiger partial charge in [-0.05, 0) is 18.2 Å². The minimum atomic E-state index is -0.0266. The number of imidazole rings is 1. The normalized spacial score (nSPS) is 16.0. The van der Waals surface area contributed by atoms with Gasteiger partial charge in [0.15, 0.2) is 0 Å². The monoisotopic (exact) mass is 295 g/mol. The third kappa shape index (κ3) is 2.53. The van der Waals surface area contributed by atoms with Gasteiger partial charge in [-0.3, -0.25) is 9.69 Å². The third-order valence-corrected chi connectivity index (χ3v) is 4.05. The largest absolute Gasteiger partial charge is 0.307 e. The minimum absolute atomic E-state index is 0.0266. The standard InChI is InChI=1S/C16H17N5O/c22-16-5-3-6-17-21(16)10-13-8-19(9-13)11-14-12-20-7-2-1-4-15(20)18-14/h1-7,12-13H,8-11H2. The van der Waals surface area contributed by atoms with Crippen molar-refractivity contribution in [1.82, 2.24) is 24.1 Å². The van der Waals surface area contributed by atoms with E-state index in [1.54, 1.807) is 23.0 Å². The van der Waals surface area contributed by atoms with Crippen LogP contribution in [0.3, 0.4) is 0 Å². The van der Waals surface area contributed by atoms with E-state index >= 15 is 0 Å². The molecule has 3 aromatic heterocycles. The van der Waals surface area contributed by atoms with E-state index < -0.39 is 0 Å². The first kappa shape index (κ1) is 13.2. The maximum atomic E-state index is 11.6. The van der Waals surface area contributed by atoms with Crippen molar-refractivity contribution >= 4 is 5.65 Å². The number of fused-ring (bicyclic) bond motifs is 1. The van der Waals surface area contributed by atoms with Crippen molar-refractivity contribution in [3.05, 3.63) is 65.0 Å². The van der Waals surface area contributed by atoms with Crippen LogP contribution in [0.2, 0.25) is 0 Å². The molecule has 0 atom stereocenters. The second-order valence-electron chi connectivity index (χ2n) is 5.80. The Hall–Kier alpha value is -2.47. The van der Waals surface area contributed by atoms with Gasteiger partial charge in [0.25, 0.3) is 5.56 Å². The lowest BCUT2D eigenvalue weighted by Crippen LogP contribution is -2.48. The van der Waals surface area contributed by atoms with E-state index in [1.807, 2.05) is 28.8 Å². The van der Waals surface area contributed by atoms with Crippen LogP contribution in [-0.4, -0.2) is 37.2 Å². The summed E-state index contributed by atoms with van der Waals surface area (Å²) in [7, 11) is 0. The lowest BCUT2D eigenvalue weighted by Gasteiger charge is -2.38. The van der Waals surface area contributed by atoms with Crippen molar-refractivity contribution in [2.45, 2.75) is 13.1 Å². The molecule has 0 N–H and O–H groups in total.